The Hall–Kier alpha value is -0.120. The Balaban J connectivity index is 2.07. The van der Waals surface area contributed by atoms with Crippen molar-refractivity contribution in [3.05, 3.63) is 0 Å². The van der Waals surface area contributed by atoms with E-state index in [-0.39, 0.29) is 11.1 Å². The molecular formula is C15H31N3. The van der Waals surface area contributed by atoms with Crippen molar-refractivity contribution in [3.8, 4) is 0 Å². The molecular weight excluding hydrogens is 222 g/mol. The molecule has 2 fully saturated rings. The first-order valence-corrected chi connectivity index (χ1v) is 7.61. The summed E-state index contributed by atoms with van der Waals surface area (Å²) in [5.41, 5.74) is 0.511. The molecule has 0 aromatic rings. The highest BCUT2D eigenvalue weighted by atomic mass is 15.3. The van der Waals surface area contributed by atoms with Crippen LogP contribution in [-0.2, 0) is 0 Å². The van der Waals surface area contributed by atoms with E-state index in [1.165, 1.54) is 32.2 Å². The Kier molecular flexibility index (Phi) is 4.05. The molecule has 2 N–H and O–H groups in total. The van der Waals surface area contributed by atoms with Crippen molar-refractivity contribution in [1.29, 1.82) is 0 Å². The van der Waals surface area contributed by atoms with E-state index in [9.17, 15) is 0 Å². The van der Waals surface area contributed by atoms with Crippen molar-refractivity contribution in [3.63, 3.8) is 0 Å². The van der Waals surface area contributed by atoms with Crippen LogP contribution >= 0.6 is 0 Å². The van der Waals surface area contributed by atoms with E-state index in [1.807, 2.05) is 0 Å². The van der Waals surface area contributed by atoms with Crippen LogP contribution < -0.4 is 10.6 Å². The van der Waals surface area contributed by atoms with E-state index >= 15 is 0 Å². The van der Waals surface area contributed by atoms with Crippen molar-refractivity contribution in [2.24, 2.45) is 0 Å². The fourth-order valence-electron chi connectivity index (χ4n) is 4.11. The number of nitrogens with zero attached hydrogens (tertiary/aromatic N) is 1. The monoisotopic (exact) mass is 253 g/mol. The summed E-state index contributed by atoms with van der Waals surface area (Å²) < 4.78 is 0. The highest BCUT2D eigenvalue weighted by molar-refractivity contribution is 5.01. The Morgan fingerprint density at radius 1 is 1.11 bits per heavy atom. The maximum absolute atomic E-state index is 3.79. The Bertz CT molecular complexity index is 269. The maximum Gasteiger partial charge on any atom is 0.0600 e. The number of rotatable bonds is 3. The molecule has 0 aromatic carbocycles. The van der Waals surface area contributed by atoms with Crippen LogP contribution in [0.2, 0.25) is 0 Å². The predicted molar refractivity (Wildman–Crippen MR) is 77.7 cm³/mol. The molecule has 106 valence electrons. The van der Waals surface area contributed by atoms with E-state index in [1.54, 1.807) is 0 Å². The molecule has 18 heavy (non-hydrogen) atoms. The molecule has 0 aromatic heterocycles. The average Bonchev–Trinajstić information content (AvgIpc) is 2.61. The molecule has 3 nitrogen and oxygen atoms in total. The van der Waals surface area contributed by atoms with Gasteiger partial charge >= 0.3 is 0 Å². The Morgan fingerprint density at radius 3 is 2.28 bits per heavy atom. The van der Waals surface area contributed by atoms with E-state index in [0.717, 1.165) is 12.6 Å². The van der Waals surface area contributed by atoms with Gasteiger partial charge in [-0.25, -0.2) is 0 Å². The third-order valence-electron chi connectivity index (χ3n) is 4.35. The number of hydrogen-bond acceptors (Lipinski definition) is 3. The molecule has 0 spiro atoms. The van der Waals surface area contributed by atoms with Crippen molar-refractivity contribution in [2.75, 3.05) is 13.1 Å². The van der Waals surface area contributed by atoms with Crippen molar-refractivity contribution in [1.82, 2.24) is 15.5 Å². The zero-order chi connectivity index (χ0) is 13.4. The molecule has 3 heteroatoms. The van der Waals surface area contributed by atoms with Gasteiger partial charge in [0.25, 0.3) is 0 Å². The van der Waals surface area contributed by atoms with Gasteiger partial charge in [-0.05, 0) is 47.0 Å². The first-order valence-electron chi connectivity index (χ1n) is 7.61. The van der Waals surface area contributed by atoms with Gasteiger partial charge in [-0.2, -0.15) is 0 Å². The average molecular weight is 253 g/mol. The minimum atomic E-state index is 0.256. The van der Waals surface area contributed by atoms with Crippen LogP contribution in [0, 0.1) is 0 Å². The number of nitrogens with one attached hydrogen (secondary N) is 2. The zero-order valence-corrected chi connectivity index (χ0v) is 12.8. The topological polar surface area (TPSA) is 27.3 Å². The second-order valence-corrected chi connectivity index (χ2v) is 7.45. The summed E-state index contributed by atoms with van der Waals surface area (Å²) in [6.07, 6.45) is 5.69. The lowest BCUT2D eigenvalue weighted by atomic mass is 9.79. The van der Waals surface area contributed by atoms with Gasteiger partial charge in [-0.3, -0.25) is 4.90 Å². The summed E-state index contributed by atoms with van der Waals surface area (Å²) in [5, 5.41) is 7.45. The molecule has 2 aliphatic heterocycles. The molecule has 2 saturated heterocycles. The first-order chi connectivity index (χ1) is 8.33. The predicted octanol–water partition coefficient (Wildman–Crippen LogP) is 2.33. The first kappa shape index (κ1) is 14.3. The summed E-state index contributed by atoms with van der Waals surface area (Å²) >= 11 is 0. The van der Waals surface area contributed by atoms with E-state index in [0.29, 0.717) is 6.17 Å². The van der Waals surface area contributed by atoms with Crippen LogP contribution in [-0.4, -0.2) is 41.3 Å². The SMILES string of the molecule is CCCC1NCCN1C1CC(C)(C)NC(C)(C)C1. The molecule has 2 aliphatic rings. The van der Waals surface area contributed by atoms with Crippen LogP contribution in [0.4, 0.5) is 0 Å². The molecule has 0 amide bonds. The van der Waals surface area contributed by atoms with Crippen LogP contribution in [0.3, 0.4) is 0 Å². The molecule has 1 atom stereocenters. The second kappa shape index (κ2) is 5.10. The van der Waals surface area contributed by atoms with Gasteiger partial charge in [0.1, 0.15) is 0 Å². The normalized spacial score (nSPS) is 32.8. The lowest BCUT2D eigenvalue weighted by Crippen LogP contribution is -2.63. The molecule has 0 aliphatic carbocycles. The van der Waals surface area contributed by atoms with Crippen LogP contribution in [0.15, 0.2) is 0 Å². The zero-order valence-electron chi connectivity index (χ0n) is 12.8. The Labute approximate surface area is 113 Å². The largest absolute Gasteiger partial charge is 0.307 e. The number of piperidine rings is 1. The second-order valence-electron chi connectivity index (χ2n) is 7.45. The highest BCUT2D eigenvalue weighted by Gasteiger charge is 2.42. The summed E-state index contributed by atoms with van der Waals surface area (Å²) in [6.45, 7) is 14.1. The maximum atomic E-state index is 3.79. The lowest BCUT2D eigenvalue weighted by Gasteiger charge is -2.50. The van der Waals surface area contributed by atoms with Crippen molar-refractivity contribution < 1.29 is 0 Å². The lowest BCUT2D eigenvalue weighted by molar-refractivity contribution is 0.0534. The quantitative estimate of drug-likeness (QED) is 0.808. The van der Waals surface area contributed by atoms with Gasteiger partial charge in [0.05, 0.1) is 6.17 Å². The molecule has 2 rings (SSSR count). The van der Waals surface area contributed by atoms with Crippen LogP contribution in [0.25, 0.3) is 0 Å². The van der Waals surface area contributed by atoms with Gasteiger partial charge in [-0.1, -0.05) is 13.3 Å². The third kappa shape index (κ3) is 3.25. The van der Waals surface area contributed by atoms with Crippen molar-refractivity contribution >= 4 is 0 Å². The summed E-state index contributed by atoms with van der Waals surface area (Å²) in [6, 6.07) is 0.725. The molecule has 0 saturated carbocycles. The fourth-order valence-corrected chi connectivity index (χ4v) is 4.11. The van der Waals surface area contributed by atoms with Crippen molar-refractivity contribution in [2.45, 2.75) is 83.6 Å². The van der Waals surface area contributed by atoms with Gasteiger partial charge < -0.3 is 10.6 Å². The molecule has 0 radical (unpaired) electrons. The molecule has 1 unspecified atom stereocenters. The summed E-state index contributed by atoms with van der Waals surface area (Å²) in [4.78, 5) is 2.73. The standard InChI is InChI=1S/C15H31N3/c1-6-7-13-16-8-9-18(13)12-10-14(2,3)17-15(4,5)11-12/h12-13,16-17H,6-11H2,1-5H3. The Morgan fingerprint density at radius 2 is 1.72 bits per heavy atom. The van der Waals surface area contributed by atoms with Gasteiger partial charge in [-0.15, -0.1) is 0 Å². The van der Waals surface area contributed by atoms with Gasteiger partial charge in [0.15, 0.2) is 0 Å². The van der Waals surface area contributed by atoms with Crippen LogP contribution in [0.1, 0.15) is 60.3 Å². The summed E-state index contributed by atoms with van der Waals surface area (Å²) in [5.74, 6) is 0. The molecule has 0 bridgehead atoms. The van der Waals surface area contributed by atoms with E-state index < -0.39 is 0 Å². The minimum absolute atomic E-state index is 0.256. The fraction of sp³-hybridized carbons (Fsp3) is 1.00. The van der Waals surface area contributed by atoms with Gasteiger partial charge in [0, 0.05) is 30.2 Å². The van der Waals surface area contributed by atoms with Crippen LogP contribution in [0.5, 0.6) is 0 Å². The number of hydrogen-bond donors (Lipinski definition) is 2. The smallest absolute Gasteiger partial charge is 0.0600 e. The highest BCUT2D eigenvalue weighted by Crippen LogP contribution is 2.33. The molecule has 2 heterocycles. The van der Waals surface area contributed by atoms with Gasteiger partial charge in [0.2, 0.25) is 0 Å². The summed E-state index contributed by atoms with van der Waals surface area (Å²) in [7, 11) is 0. The van der Waals surface area contributed by atoms with E-state index in [4.69, 9.17) is 0 Å². The third-order valence-corrected chi connectivity index (χ3v) is 4.35. The van der Waals surface area contributed by atoms with E-state index in [2.05, 4.69) is 50.2 Å². The minimum Gasteiger partial charge on any atom is -0.307 e.